The predicted octanol–water partition coefficient (Wildman–Crippen LogP) is 3.86. The highest BCUT2D eigenvalue weighted by Crippen LogP contribution is 2.36. The minimum atomic E-state index is -0.109. The van der Waals surface area contributed by atoms with E-state index < -0.39 is 0 Å². The predicted molar refractivity (Wildman–Crippen MR) is 90.9 cm³/mol. The molecule has 1 aliphatic carbocycles. The molecule has 4 nitrogen and oxygen atoms in total. The first-order valence-electron chi connectivity index (χ1n) is 7.54. The highest BCUT2D eigenvalue weighted by atomic mass is 32.1. The standard InChI is InChI=1S/C17H20N2O2S/c1-21-12-9-7-11(8-10-12)19-17(20)15-13-5-3-2-4-6-14(13)22-16(15)18/h7-10H,2-6,18H2,1H3,(H,19,20). The molecule has 116 valence electrons. The molecule has 3 N–H and O–H groups in total. The zero-order chi connectivity index (χ0) is 15.5. The molecule has 22 heavy (non-hydrogen) atoms. The maximum absolute atomic E-state index is 12.6. The molecule has 0 saturated heterocycles. The lowest BCUT2D eigenvalue weighted by atomic mass is 10.0. The minimum Gasteiger partial charge on any atom is -0.497 e. The minimum absolute atomic E-state index is 0.109. The molecular weight excluding hydrogens is 296 g/mol. The van der Waals surface area contributed by atoms with Crippen LogP contribution in [-0.2, 0) is 12.8 Å². The third kappa shape index (κ3) is 2.95. The average molecular weight is 316 g/mol. The van der Waals surface area contributed by atoms with E-state index in [1.54, 1.807) is 18.4 Å². The number of methoxy groups -OCH3 is 1. The molecule has 2 aromatic rings. The smallest absolute Gasteiger partial charge is 0.258 e. The summed E-state index contributed by atoms with van der Waals surface area (Å²) in [7, 11) is 1.62. The van der Waals surface area contributed by atoms with Crippen LogP contribution in [0.25, 0.3) is 0 Å². The molecule has 1 aromatic carbocycles. The van der Waals surface area contributed by atoms with Gasteiger partial charge in [0.1, 0.15) is 5.75 Å². The molecule has 0 aliphatic heterocycles. The largest absolute Gasteiger partial charge is 0.497 e. The molecule has 3 rings (SSSR count). The molecule has 0 fully saturated rings. The third-order valence-electron chi connectivity index (χ3n) is 4.02. The Hall–Kier alpha value is -2.01. The molecule has 0 radical (unpaired) electrons. The molecule has 0 saturated carbocycles. The number of nitrogens with two attached hydrogens (primary N) is 1. The first kappa shape index (κ1) is 14.9. The van der Waals surface area contributed by atoms with E-state index in [1.165, 1.54) is 17.7 Å². The second-order valence-electron chi connectivity index (χ2n) is 5.49. The number of fused-ring (bicyclic) bond motifs is 1. The molecule has 1 heterocycles. The molecule has 1 aromatic heterocycles. The van der Waals surface area contributed by atoms with Crippen LogP contribution >= 0.6 is 11.3 Å². The monoisotopic (exact) mass is 316 g/mol. The Morgan fingerprint density at radius 2 is 1.91 bits per heavy atom. The summed E-state index contributed by atoms with van der Waals surface area (Å²) < 4.78 is 5.12. The van der Waals surface area contributed by atoms with Gasteiger partial charge in [-0.05, 0) is 55.5 Å². The van der Waals surface area contributed by atoms with Gasteiger partial charge in [-0.2, -0.15) is 0 Å². The number of nitrogen functional groups attached to an aromatic ring is 1. The second kappa shape index (κ2) is 6.40. The van der Waals surface area contributed by atoms with Gasteiger partial charge in [0, 0.05) is 10.6 Å². The van der Waals surface area contributed by atoms with Crippen LogP contribution in [0.15, 0.2) is 24.3 Å². The van der Waals surface area contributed by atoms with Gasteiger partial charge >= 0.3 is 0 Å². The normalized spacial score (nSPS) is 14.0. The molecule has 0 spiro atoms. The summed E-state index contributed by atoms with van der Waals surface area (Å²) in [6.45, 7) is 0. The maximum atomic E-state index is 12.6. The van der Waals surface area contributed by atoms with Crippen LogP contribution in [0.5, 0.6) is 5.75 Å². The molecule has 1 aliphatic rings. The van der Waals surface area contributed by atoms with Gasteiger partial charge in [-0.15, -0.1) is 11.3 Å². The summed E-state index contributed by atoms with van der Waals surface area (Å²) in [6, 6.07) is 7.32. The molecule has 5 heteroatoms. The number of aryl methyl sites for hydroxylation is 1. The highest BCUT2D eigenvalue weighted by molar-refractivity contribution is 7.16. The van der Waals surface area contributed by atoms with Crippen molar-refractivity contribution < 1.29 is 9.53 Å². The fourth-order valence-corrected chi connectivity index (χ4v) is 4.04. The Morgan fingerprint density at radius 1 is 1.18 bits per heavy atom. The highest BCUT2D eigenvalue weighted by Gasteiger charge is 2.23. The van der Waals surface area contributed by atoms with Gasteiger partial charge in [-0.25, -0.2) is 0 Å². The number of benzene rings is 1. The number of amides is 1. The number of thiophene rings is 1. The number of hydrogen-bond acceptors (Lipinski definition) is 4. The van der Waals surface area contributed by atoms with E-state index in [1.807, 2.05) is 24.3 Å². The Bertz CT molecular complexity index is 677. The Kier molecular flexibility index (Phi) is 4.34. The van der Waals surface area contributed by atoms with Gasteiger partial charge in [0.25, 0.3) is 5.91 Å². The fourth-order valence-electron chi connectivity index (χ4n) is 2.88. The van der Waals surface area contributed by atoms with Gasteiger partial charge in [0.15, 0.2) is 0 Å². The summed E-state index contributed by atoms with van der Waals surface area (Å²) in [4.78, 5) is 13.9. The second-order valence-corrected chi connectivity index (χ2v) is 6.62. The Labute approximate surface area is 134 Å². The van der Waals surface area contributed by atoms with E-state index >= 15 is 0 Å². The van der Waals surface area contributed by atoms with Crippen molar-refractivity contribution in [2.45, 2.75) is 32.1 Å². The van der Waals surface area contributed by atoms with E-state index in [-0.39, 0.29) is 5.91 Å². The van der Waals surface area contributed by atoms with Gasteiger partial charge in [-0.1, -0.05) is 6.42 Å². The molecule has 0 bridgehead atoms. The Balaban J connectivity index is 1.84. The number of anilines is 2. The Morgan fingerprint density at radius 3 is 2.64 bits per heavy atom. The zero-order valence-electron chi connectivity index (χ0n) is 12.6. The first-order valence-corrected chi connectivity index (χ1v) is 8.36. The summed E-state index contributed by atoms with van der Waals surface area (Å²) >= 11 is 1.57. The molecule has 1 amide bonds. The number of carbonyl (C=O) groups excluding carboxylic acids is 1. The van der Waals surface area contributed by atoms with Crippen LogP contribution in [0.1, 0.15) is 40.1 Å². The average Bonchev–Trinajstić information content (AvgIpc) is 2.68. The van der Waals surface area contributed by atoms with Crippen LogP contribution < -0.4 is 15.8 Å². The van der Waals surface area contributed by atoms with Crippen molar-refractivity contribution in [3.63, 3.8) is 0 Å². The van der Waals surface area contributed by atoms with Crippen LogP contribution in [0.3, 0.4) is 0 Å². The molecule has 0 atom stereocenters. The number of rotatable bonds is 3. The summed E-state index contributed by atoms with van der Waals surface area (Å²) in [5.41, 5.74) is 8.70. The van der Waals surface area contributed by atoms with E-state index in [9.17, 15) is 4.79 Å². The van der Waals surface area contributed by atoms with E-state index in [4.69, 9.17) is 10.5 Å². The molecule has 0 unspecified atom stereocenters. The van der Waals surface area contributed by atoms with Gasteiger partial charge < -0.3 is 15.8 Å². The number of hydrogen-bond donors (Lipinski definition) is 2. The van der Waals surface area contributed by atoms with Crippen molar-refractivity contribution in [3.05, 3.63) is 40.3 Å². The zero-order valence-corrected chi connectivity index (χ0v) is 13.5. The van der Waals surface area contributed by atoms with Crippen molar-refractivity contribution in [1.82, 2.24) is 0 Å². The topological polar surface area (TPSA) is 64.3 Å². The number of carbonyl (C=O) groups is 1. The lowest BCUT2D eigenvalue weighted by Crippen LogP contribution is -2.14. The quantitative estimate of drug-likeness (QED) is 0.845. The summed E-state index contributed by atoms with van der Waals surface area (Å²) in [6.07, 6.45) is 5.54. The third-order valence-corrected chi connectivity index (χ3v) is 5.14. The van der Waals surface area contributed by atoms with E-state index in [0.717, 1.165) is 36.3 Å². The van der Waals surface area contributed by atoms with Crippen LogP contribution in [0.4, 0.5) is 10.7 Å². The SMILES string of the molecule is COc1ccc(NC(=O)c2c(N)sc3c2CCCCC3)cc1. The summed E-state index contributed by atoms with van der Waals surface area (Å²) in [5, 5.41) is 3.58. The first-order chi connectivity index (χ1) is 10.7. The van der Waals surface area contributed by atoms with Gasteiger partial charge in [-0.3, -0.25) is 4.79 Å². The number of ether oxygens (including phenoxy) is 1. The van der Waals surface area contributed by atoms with Crippen molar-refractivity contribution in [1.29, 1.82) is 0 Å². The summed E-state index contributed by atoms with van der Waals surface area (Å²) in [5.74, 6) is 0.656. The van der Waals surface area contributed by atoms with Crippen molar-refractivity contribution >= 4 is 27.9 Å². The fraction of sp³-hybridized carbons (Fsp3) is 0.353. The molecular formula is C17H20N2O2S. The van der Waals surface area contributed by atoms with Crippen molar-refractivity contribution in [2.24, 2.45) is 0 Å². The maximum Gasteiger partial charge on any atom is 0.258 e. The van der Waals surface area contributed by atoms with Gasteiger partial charge in [0.05, 0.1) is 17.7 Å². The van der Waals surface area contributed by atoms with Crippen LogP contribution in [0.2, 0.25) is 0 Å². The number of nitrogens with one attached hydrogen (secondary N) is 1. The van der Waals surface area contributed by atoms with Gasteiger partial charge in [0.2, 0.25) is 0 Å². The van der Waals surface area contributed by atoms with E-state index in [2.05, 4.69) is 5.32 Å². The lowest BCUT2D eigenvalue weighted by molar-refractivity contribution is 0.102. The van der Waals surface area contributed by atoms with Crippen LogP contribution in [0, 0.1) is 0 Å². The van der Waals surface area contributed by atoms with Crippen molar-refractivity contribution in [2.75, 3.05) is 18.2 Å². The van der Waals surface area contributed by atoms with E-state index in [0.29, 0.717) is 10.6 Å². The van der Waals surface area contributed by atoms with Crippen LogP contribution in [-0.4, -0.2) is 13.0 Å². The lowest BCUT2D eigenvalue weighted by Gasteiger charge is -2.08. The van der Waals surface area contributed by atoms with Crippen molar-refractivity contribution in [3.8, 4) is 5.75 Å².